The molecule has 0 amide bonds. The van der Waals surface area contributed by atoms with Gasteiger partial charge >= 0.3 is 6.18 Å². The summed E-state index contributed by atoms with van der Waals surface area (Å²) in [7, 11) is 1.95. The molecule has 13 heteroatoms. The molecule has 2 saturated heterocycles. The van der Waals surface area contributed by atoms with Crippen LogP contribution in [0.2, 0.25) is 5.02 Å². The average molecular weight is 650 g/mol. The number of piperazine rings is 1. The standard InChI is InChI=1S/C33H31ClF3N7O2/c1-42-11-2-3-28(42)20-4-6-24(27(34)16-20)25-15-21-18-39-32(41-30(21)44(31(25)45)23-8-14-46-19-23)40-22-5-7-29(26(17-22)33(35,36)37)43-12-9-38-10-13-43/h2-7,11,15-18,23,38H,8-10,12-14,19H2,1H3,(H,39,40,41). The monoisotopic (exact) mass is 649 g/mol. The molecule has 9 nitrogen and oxygen atoms in total. The summed E-state index contributed by atoms with van der Waals surface area (Å²) >= 11 is 6.78. The summed E-state index contributed by atoms with van der Waals surface area (Å²) < 4.78 is 51.7. The number of aromatic nitrogens is 4. The second-order valence-corrected chi connectivity index (χ2v) is 11.9. The Kier molecular flexibility index (Phi) is 7.95. The fraction of sp³-hybridized carbons (Fsp3) is 0.303. The van der Waals surface area contributed by atoms with Crippen LogP contribution in [-0.2, 0) is 18.0 Å². The second-order valence-electron chi connectivity index (χ2n) is 11.5. The number of alkyl halides is 3. The lowest BCUT2D eigenvalue weighted by Crippen LogP contribution is -2.44. The summed E-state index contributed by atoms with van der Waals surface area (Å²) in [4.78, 5) is 24.9. The van der Waals surface area contributed by atoms with Crippen LogP contribution >= 0.6 is 11.6 Å². The Morgan fingerprint density at radius 1 is 1.07 bits per heavy atom. The van der Waals surface area contributed by atoms with Crippen molar-refractivity contribution in [2.75, 3.05) is 49.6 Å². The van der Waals surface area contributed by atoms with E-state index in [9.17, 15) is 18.0 Å². The maximum absolute atomic E-state index is 14.2. The molecule has 1 atom stereocenters. The van der Waals surface area contributed by atoms with Crippen LogP contribution in [0.15, 0.2) is 71.8 Å². The quantitative estimate of drug-likeness (QED) is 0.225. The van der Waals surface area contributed by atoms with Crippen LogP contribution in [0.25, 0.3) is 33.4 Å². The summed E-state index contributed by atoms with van der Waals surface area (Å²) in [5, 5.41) is 7.10. The Hall–Kier alpha value is -4.39. The van der Waals surface area contributed by atoms with Gasteiger partial charge in [0.2, 0.25) is 5.95 Å². The second kappa shape index (κ2) is 12.1. The highest BCUT2D eigenvalue weighted by molar-refractivity contribution is 6.33. The van der Waals surface area contributed by atoms with Gasteiger partial charge in [-0.25, -0.2) is 4.98 Å². The van der Waals surface area contributed by atoms with E-state index >= 15 is 0 Å². The minimum atomic E-state index is -4.55. The van der Waals surface area contributed by atoms with Crippen LogP contribution in [0.3, 0.4) is 0 Å². The van der Waals surface area contributed by atoms with E-state index in [0.717, 1.165) is 17.3 Å². The zero-order chi connectivity index (χ0) is 32.0. The first-order valence-electron chi connectivity index (χ1n) is 15.0. The van der Waals surface area contributed by atoms with Crippen molar-refractivity contribution in [2.45, 2.75) is 18.6 Å². The van der Waals surface area contributed by atoms with E-state index in [1.807, 2.05) is 48.1 Å². The maximum Gasteiger partial charge on any atom is 0.418 e. The predicted octanol–water partition coefficient (Wildman–Crippen LogP) is 6.25. The third-order valence-corrected chi connectivity index (χ3v) is 8.87. The molecule has 7 rings (SSSR count). The number of aryl methyl sites for hydroxylation is 1. The molecule has 0 bridgehead atoms. The average Bonchev–Trinajstić information content (AvgIpc) is 3.73. The maximum atomic E-state index is 14.2. The molecule has 5 heterocycles. The Morgan fingerprint density at radius 2 is 1.89 bits per heavy atom. The van der Waals surface area contributed by atoms with Crippen molar-refractivity contribution in [3.8, 4) is 22.4 Å². The number of nitrogens with zero attached hydrogens (tertiary/aromatic N) is 5. The van der Waals surface area contributed by atoms with E-state index < -0.39 is 11.7 Å². The molecule has 0 radical (unpaired) electrons. The minimum absolute atomic E-state index is 0.0697. The first-order chi connectivity index (χ1) is 22.2. The third-order valence-electron chi connectivity index (χ3n) is 8.56. The van der Waals surface area contributed by atoms with E-state index in [-0.39, 0.29) is 28.9 Å². The Labute approximate surface area is 267 Å². The molecule has 2 aliphatic heterocycles. The van der Waals surface area contributed by atoms with Gasteiger partial charge in [0.1, 0.15) is 5.65 Å². The zero-order valence-corrected chi connectivity index (χ0v) is 25.7. The van der Waals surface area contributed by atoms with Gasteiger partial charge in [0.25, 0.3) is 5.56 Å². The normalized spacial score (nSPS) is 17.2. The number of halogens is 4. The van der Waals surface area contributed by atoms with Crippen molar-refractivity contribution >= 4 is 40.0 Å². The molecule has 2 N–H and O–H groups in total. The SMILES string of the molecule is Cn1cccc1-c1ccc(-c2cc3cnc(Nc4ccc(N5CCNCC5)c(C(F)(F)F)c4)nc3n(C3CCOC3)c2=O)c(Cl)c1. The van der Waals surface area contributed by atoms with Crippen molar-refractivity contribution in [1.29, 1.82) is 0 Å². The van der Waals surface area contributed by atoms with Gasteiger partial charge in [-0.2, -0.15) is 18.2 Å². The van der Waals surface area contributed by atoms with Gasteiger partial charge in [0.15, 0.2) is 0 Å². The Balaban J connectivity index is 1.28. The van der Waals surface area contributed by atoms with Gasteiger partial charge in [0, 0.05) is 90.8 Å². The molecular weight excluding hydrogens is 619 g/mol. The molecule has 0 aliphatic carbocycles. The lowest BCUT2D eigenvalue weighted by molar-refractivity contribution is -0.137. The van der Waals surface area contributed by atoms with E-state index in [1.54, 1.807) is 27.8 Å². The highest BCUT2D eigenvalue weighted by Gasteiger charge is 2.35. The molecule has 5 aromatic rings. The van der Waals surface area contributed by atoms with Crippen molar-refractivity contribution in [2.24, 2.45) is 7.05 Å². The third kappa shape index (κ3) is 5.72. The van der Waals surface area contributed by atoms with Crippen molar-refractivity contribution in [3.63, 3.8) is 0 Å². The highest BCUT2D eigenvalue weighted by atomic mass is 35.5. The Bertz CT molecular complexity index is 1980. The van der Waals surface area contributed by atoms with E-state index in [1.165, 1.54) is 6.07 Å². The number of benzene rings is 2. The molecule has 2 aromatic carbocycles. The highest BCUT2D eigenvalue weighted by Crippen LogP contribution is 2.39. The molecule has 2 fully saturated rings. The van der Waals surface area contributed by atoms with Crippen LogP contribution in [0, 0.1) is 0 Å². The summed E-state index contributed by atoms with van der Waals surface area (Å²) in [5.74, 6) is 0.0697. The van der Waals surface area contributed by atoms with Crippen molar-refractivity contribution < 1.29 is 17.9 Å². The lowest BCUT2D eigenvalue weighted by Gasteiger charge is -2.31. The number of ether oxygens (including phenoxy) is 1. The van der Waals surface area contributed by atoms with Crippen molar-refractivity contribution in [3.05, 3.63) is 87.9 Å². The van der Waals surface area contributed by atoms with Crippen LogP contribution in [0.5, 0.6) is 0 Å². The summed E-state index contributed by atoms with van der Waals surface area (Å²) in [6, 6.07) is 15.1. The van der Waals surface area contributed by atoms with Gasteiger partial charge in [-0.15, -0.1) is 0 Å². The number of hydrogen-bond donors (Lipinski definition) is 2. The van der Waals surface area contributed by atoms with Gasteiger partial charge in [-0.1, -0.05) is 23.7 Å². The molecule has 1 unspecified atom stereocenters. The topological polar surface area (TPSA) is 89.2 Å². The zero-order valence-electron chi connectivity index (χ0n) is 24.9. The largest absolute Gasteiger partial charge is 0.418 e. The van der Waals surface area contributed by atoms with Crippen LogP contribution in [0.4, 0.5) is 30.5 Å². The van der Waals surface area contributed by atoms with Crippen LogP contribution in [-0.4, -0.2) is 58.5 Å². The van der Waals surface area contributed by atoms with Crippen molar-refractivity contribution in [1.82, 2.24) is 24.4 Å². The minimum Gasteiger partial charge on any atom is -0.379 e. The molecular formula is C33H31ClF3N7O2. The number of anilines is 3. The summed E-state index contributed by atoms with van der Waals surface area (Å²) in [6.45, 7) is 3.01. The molecule has 238 valence electrons. The smallest absolute Gasteiger partial charge is 0.379 e. The van der Waals surface area contributed by atoms with Gasteiger partial charge in [-0.05, 0) is 54.4 Å². The van der Waals surface area contributed by atoms with Crippen LogP contribution in [0.1, 0.15) is 18.0 Å². The van der Waals surface area contributed by atoms with Gasteiger partial charge < -0.3 is 24.8 Å². The van der Waals surface area contributed by atoms with Gasteiger partial charge in [0.05, 0.1) is 18.2 Å². The lowest BCUT2D eigenvalue weighted by atomic mass is 10.0. The first kappa shape index (κ1) is 30.3. The fourth-order valence-electron chi connectivity index (χ4n) is 6.24. The molecule has 0 saturated carbocycles. The molecule has 2 aliphatic rings. The fourth-order valence-corrected chi connectivity index (χ4v) is 6.53. The van der Waals surface area contributed by atoms with E-state index in [4.69, 9.17) is 16.3 Å². The molecule has 46 heavy (non-hydrogen) atoms. The summed E-state index contributed by atoms with van der Waals surface area (Å²) in [5.41, 5.74) is 2.52. The molecule has 0 spiro atoms. The van der Waals surface area contributed by atoms with Crippen LogP contribution < -0.4 is 21.1 Å². The number of pyridine rings is 1. The number of fused-ring (bicyclic) bond motifs is 1. The number of rotatable bonds is 6. The van der Waals surface area contributed by atoms with Gasteiger partial charge in [-0.3, -0.25) is 9.36 Å². The van der Waals surface area contributed by atoms with E-state index in [2.05, 4.69) is 20.6 Å². The Morgan fingerprint density at radius 3 is 2.59 bits per heavy atom. The van der Waals surface area contributed by atoms with E-state index in [0.29, 0.717) is 73.0 Å². The predicted molar refractivity (Wildman–Crippen MR) is 173 cm³/mol. The number of nitrogens with one attached hydrogen (secondary N) is 2. The first-order valence-corrected chi connectivity index (χ1v) is 15.4. The number of hydrogen-bond acceptors (Lipinski definition) is 7. The molecule has 3 aromatic heterocycles. The summed E-state index contributed by atoms with van der Waals surface area (Å²) in [6.07, 6.45) is -0.439.